The van der Waals surface area contributed by atoms with Crippen molar-refractivity contribution in [1.29, 1.82) is 0 Å². The largest absolute Gasteiger partial charge is 0.479 e. The predicted octanol–water partition coefficient (Wildman–Crippen LogP) is 2.48. The zero-order chi connectivity index (χ0) is 15.0. The summed E-state index contributed by atoms with van der Waals surface area (Å²) in [7, 11) is 0. The molecule has 1 unspecified atom stereocenters. The van der Waals surface area contributed by atoms with Crippen LogP contribution in [0.3, 0.4) is 0 Å². The molecule has 1 aromatic carbocycles. The maximum Gasteiger partial charge on any atom is 0.334 e. The number of ether oxygens (including phenoxy) is 1. The lowest BCUT2D eigenvalue weighted by atomic mass is 10.2. The van der Waals surface area contributed by atoms with Crippen LogP contribution in [0, 0.1) is 0 Å². The highest BCUT2D eigenvalue weighted by Gasteiger charge is 2.31. The van der Waals surface area contributed by atoms with Gasteiger partial charge in [0, 0.05) is 16.6 Å². The predicted molar refractivity (Wildman–Crippen MR) is 80.1 cm³/mol. The molecule has 1 aliphatic heterocycles. The van der Waals surface area contributed by atoms with Gasteiger partial charge in [0.1, 0.15) is 4.88 Å². The second-order valence-electron chi connectivity index (χ2n) is 4.69. The number of hydrogen-bond acceptors (Lipinski definition) is 4. The Balaban J connectivity index is 1.90. The lowest BCUT2D eigenvalue weighted by molar-refractivity contribution is -0.154. The minimum absolute atomic E-state index is 0.0404. The first kappa shape index (κ1) is 14.3. The molecule has 0 bridgehead atoms. The van der Waals surface area contributed by atoms with Gasteiger partial charge in [-0.25, -0.2) is 4.79 Å². The molecule has 1 aromatic heterocycles. The molecule has 2 aromatic rings. The van der Waals surface area contributed by atoms with Crippen LogP contribution >= 0.6 is 22.9 Å². The highest BCUT2D eigenvalue weighted by Crippen LogP contribution is 2.36. The summed E-state index contributed by atoms with van der Waals surface area (Å²) in [6.07, 6.45) is -0.976. The average molecular weight is 326 g/mol. The van der Waals surface area contributed by atoms with Gasteiger partial charge < -0.3 is 14.7 Å². The molecule has 0 saturated carbocycles. The van der Waals surface area contributed by atoms with Crippen LogP contribution in [-0.2, 0) is 9.53 Å². The molecule has 21 heavy (non-hydrogen) atoms. The quantitative estimate of drug-likeness (QED) is 0.921. The Morgan fingerprint density at radius 3 is 2.86 bits per heavy atom. The Morgan fingerprint density at radius 1 is 1.38 bits per heavy atom. The Labute approximate surface area is 129 Å². The van der Waals surface area contributed by atoms with E-state index >= 15 is 0 Å². The van der Waals surface area contributed by atoms with Gasteiger partial charge in [-0.1, -0.05) is 29.8 Å². The molecule has 2 heterocycles. The Morgan fingerprint density at radius 2 is 2.14 bits per heavy atom. The number of carbonyl (C=O) groups excluding carboxylic acids is 1. The van der Waals surface area contributed by atoms with Crippen LogP contribution in [0.4, 0.5) is 0 Å². The molecule has 0 radical (unpaired) electrons. The van der Waals surface area contributed by atoms with Gasteiger partial charge in [0.25, 0.3) is 5.91 Å². The SMILES string of the molecule is O=C(O)C1CN(C(=O)c2sc3ccccc3c2Cl)CCO1. The Hall–Kier alpha value is -1.63. The summed E-state index contributed by atoms with van der Waals surface area (Å²) in [6.45, 7) is 0.622. The molecule has 1 amide bonds. The summed E-state index contributed by atoms with van der Waals surface area (Å²) < 4.78 is 6.06. The summed E-state index contributed by atoms with van der Waals surface area (Å²) in [6, 6.07) is 7.52. The third kappa shape index (κ3) is 2.62. The molecule has 3 rings (SSSR count). The topological polar surface area (TPSA) is 66.8 Å². The third-order valence-electron chi connectivity index (χ3n) is 3.36. The smallest absolute Gasteiger partial charge is 0.334 e. The van der Waals surface area contributed by atoms with Gasteiger partial charge in [-0.3, -0.25) is 4.79 Å². The Bertz CT molecular complexity index is 714. The van der Waals surface area contributed by atoms with Gasteiger partial charge in [-0.05, 0) is 6.07 Å². The molecule has 0 spiro atoms. The van der Waals surface area contributed by atoms with E-state index in [4.69, 9.17) is 21.4 Å². The van der Waals surface area contributed by atoms with E-state index < -0.39 is 12.1 Å². The van der Waals surface area contributed by atoms with Crippen molar-refractivity contribution >= 4 is 44.9 Å². The lowest BCUT2D eigenvalue weighted by Gasteiger charge is -2.30. The molecular weight excluding hydrogens is 314 g/mol. The first-order valence-electron chi connectivity index (χ1n) is 6.38. The zero-order valence-corrected chi connectivity index (χ0v) is 12.5. The van der Waals surface area contributed by atoms with Crippen LogP contribution in [0.2, 0.25) is 5.02 Å². The molecule has 1 N–H and O–H groups in total. The van der Waals surface area contributed by atoms with Crippen molar-refractivity contribution in [1.82, 2.24) is 4.90 Å². The second-order valence-corrected chi connectivity index (χ2v) is 6.12. The van der Waals surface area contributed by atoms with Gasteiger partial charge in [0.05, 0.1) is 18.2 Å². The molecular formula is C14H12ClNO4S. The van der Waals surface area contributed by atoms with Crippen LogP contribution in [0.25, 0.3) is 10.1 Å². The minimum atomic E-state index is -1.06. The van der Waals surface area contributed by atoms with Crippen molar-refractivity contribution in [2.24, 2.45) is 0 Å². The Kier molecular flexibility index (Phi) is 3.84. The molecule has 1 fully saturated rings. The van der Waals surface area contributed by atoms with Crippen molar-refractivity contribution in [3.63, 3.8) is 0 Å². The fraction of sp³-hybridized carbons (Fsp3) is 0.286. The van der Waals surface area contributed by atoms with Crippen LogP contribution < -0.4 is 0 Å². The van der Waals surface area contributed by atoms with Gasteiger partial charge in [0.2, 0.25) is 0 Å². The number of amides is 1. The van der Waals surface area contributed by atoms with E-state index in [2.05, 4.69) is 0 Å². The van der Waals surface area contributed by atoms with Crippen molar-refractivity contribution in [2.45, 2.75) is 6.10 Å². The molecule has 1 saturated heterocycles. The number of hydrogen-bond donors (Lipinski definition) is 1. The van der Waals surface area contributed by atoms with Gasteiger partial charge in [-0.2, -0.15) is 0 Å². The van der Waals surface area contributed by atoms with E-state index in [0.717, 1.165) is 10.1 Å². The summed E-state index contributed by atoms with van der Waals surface area (Å²) >= 11 is 7.61. The standard InChI is InChI=1S/C14H12ClNO4S/c15-11-8-3-1-2-4-10(8)21-12(11)13(17)16-5-6-20-9(7-16)14(18)19/h1-4,9H,5-7H2,(H,18,19). The number of fused-ring (bicyclic) bond motifs is 1. The zero-order valence-electron chi connectivity index (χ0n) is 10.9. The number of carbonyl (C=O) groups is 2. The summed E-state index contributed by atoms with van der Waals surface area (Å²) in [5.41, 5.74) is 0. The average Bonchev–Trinajstić information content (AvgIpc) is 2.84. The first-order chi connectivity index (χ1) is 10.1. The fourth-order valence-electron chi connectivity index (χ4n) is 2.28. The van der Waals surface area contributed by atoms with Crippen LogP contribution in [0.15, 0.2) is 24.3 Å². The van der Waals surface area contributed by atoms with Crippen molar-refractivity contribution in [2.75, 3.05) is 19.7 Å². The third-order valence-corrected chi connectivity index (χ3v) is 5.02. The van der Waals surface area contributed by atoms with Crippen LogP contribution in [0.1, 0.15) is 9.67 Å². The summed E-state index contributed by atoms with van der Waals surface area (Å²) in [4.78, 5) is 25.5. The van der Waals surface area contributed by atoms with Crippen LogP contribution in [0.5, 0.6) is 0 Å². The van der Waals surface area contributed by atoms with Gasteiger partial charge in [0.15, 0.2) is 6.10 Å². The molecule has 0 aliphatic carbocycles. The molecule has 5 nitrogen and oxygen atoms in total. The van der Waals surface area contributed by atoms with E-state index in [0.29, 0.717) is 16.4 Å². The highest BCUT2D eigenvalue weighted by molar-refractivity contribution is 7.21. The van der Waals surface area contributed by atoms with E-state index in [9.17, 15) is 9.59 Å². The van der Waals surface area contributed by atoms with E-state index in [1.54, 1.807) is 0 Å². The number of carboxylic acids is 1. The van der Waals surface area contributed by atoms with Crippen molar-refractivity contribution in [3.05, 3.63) is 34.2 Å². The van der Waals surface area contributed by atoms with Crippen molar-refractivity contribution in [3.8, 4) is 0 Å². The number of nitrogens with zero attached hydrogens (tertiary/aromatic N) is 1. The number of benzene rings is 1. The first-order valence-corrected chi connectivity index (χ1v) is 7.58. The number of halogens is 1. The lowest BCUT2D eigenvalue weighted by Crippen LogP contribution is -2.48. The maximum absolute atomic E-state index is 12.6. The summed E-state index contributed by atoms with van der Waals surface area (Å²) in [5.74, 6) is -1.30. The maximum atomic E-state index is 12.6. The highest BCUT2D eigenvalue weighted by atomic mass is 35.5. The number of rotatable bonds is 2. The van der Waals surface area contributed by atoms with Crippen molar-refractivity contribution < 1.29 is 19.4 Å². The van der Waals surface area contributed by atoms with Gasteiger partial charge in [-0.15, -0.1) is 11.3 Å². The van der Waals surface area contributed by atoms with E-state index in [-0.39, 0.29) is 19.1 Å². The van der Waals surface area contributed by atoms with E-state index in [1.165, 1.54) is 16.2 Å². The number of morpholine rings is 1. The number of thiophene rings is 1. The number of carboxylic acid groups (broad SMARTS) is 1. The van der Waals surface area contributed by atoms with Crippen LogP contribution in [-0.4, -0.2) is 47.7 Å². The van der Waals surface area contributed by atoms with Gasteiger partial charge >= 0.3 is 5.97 Å². The fourth-order valence-corrected chi connectivity index (χ4v) is 3.76. The van der Waals surface area contributed by atoms with E-state index in [1.807, 2.05) is 24.3 Å². The summed E-state index contributed by atoms with van der Waals surface area (Å²) in [5, 5.41) is 10.3. The monoisotopic (exact) mass is 325 g/mol. The number of aliphatic carboxylic acids is 1. The molecule has 110 valence electrons. The minimum Gasteiger partial charge on any atom is -0.479 e. The molecule has 7 heteroatoms. The normalized spacial score (nSPS) is 18.9. The molecule has 1 aliphatic rings. The molecule has 1 atom stereocenters. The second kappa shape index (κ2) is 5.63.